The van der Waals surface area contributed by atoms with Crippen LogP contribution in [0.25, 0.3) is 0 Å². The van der Waals surface area contributed by atoms with Gasteiger partial charge in [0.2, 0.25) is 5.91 Å². The first-order valence-corrected chi connectivity index (χ1v) is 6.48. The Balaban J connectivity index is 2.35. The Kier molecular flexibility index (Phi) is 3.67. The Morgan fingerprint density at radius 1 is 1.40 bits per heavy atom. The zero-order valence-corrected chi connectivity index (χ0v) is 12.0. The third-order valence-electron chi connectivity index (χ3n) is 3.55. The van der Waals surface area contributed by atoms with Gasteiger partial charge in [-0.1, -0.05) is 18.2 Å². The van der Waals surface area contributed by atoms with E-state index >= 15 is 0 Å². The third kappa shape index (κ3) is 2.46. The number of para-hydroxylation sites is 1. The number of hydrogen-bond acceptors (Lipinski definition) is 3. The van der Waals surface area contributed by atoms with Crippen LogP contribution < -0.4 is 16.2 Å². The maximum absolute atomic E-state index is 12.4. The van der Waals surface area contributed by atoms with Crippen molar-refractivity contribution in [3.05, 3.63) is 29.8 Å². The molecule has 20 heavy (non-hydrogen) atoms. The quantitative estimate of drug-likeness (QED) is 0.492. The summed E-state index contributed by atoms with van der Waals surface area (Å²) in [5.74, 6) is 4.91. The number of rotatable bonds is 3. The molecule has 1 heterocycles. The largest absolute Gasteiger partial charge is 0.324 e. The van der Waals surface area contributed by atoms with Crippen LogP contribution in [0.4, 0.5) is 10.5 Å². The SMILES string of the molecule is CN1Cc2ccccc2N(CC(C)(C)C(=O)NN)C1=O. The van der Waals surface area contributed by atoms with E-state index in [-0.39, 0.29) is 18.5 Å². The van der Waals surface area contributed by atoms with Crippen LogP contribution >= 0.6 is 0 Å². The molecular formula is C14H20N4O2. The zero-order valence-electron chi connectivity index (χ0n) is 12.0. The minimum Gasteiger partial charge on any atom is -0.323 e. The minimum atomic E-state index is -0.768. The normalized spacial score (nSPS) is 15.1. The lowest BCUT2D eigenvalue weighted by Gasteiger charge is -2.38. The number of nitrogens with zero attached hydrogens (tertiary/aromatic N) is 2. The highest BCUT2D eigenvalue weighted by Gasteiger charge is 2.36. The molecule has 0 spiro atoms. The second-order valence-corrected chi connectivity index (χ2v) is 5.71. The highest BCUT2D eigenvalue weighted by atomic mass is 16.2. The van der Waals surface area contributed by atoms with Crippen molar-refractivity contribution in [1.82, 2.24) is 10.3 Å². The van der Waals surface area contributed by atoms with Gasteiger partial charge in [0.1, 0.15) is 0 Å². The average molecular weight is 276 g/mol. The molecule has 3 amide bonds. The van der Waals surface area contributed by atoms with Crippen LogP contribution in [0.2, 0.25) is 0 Å². The lowest BCUT2D eigenvalue weighted by atomic mass is 9.91. The number of benzene rings is 1. The zero-order chi connectivity index (χ0) is 14.9. The summed E-state index contributed by atoms with van der Waals surface area (Å²) in [5.41, 5.74) is 3.31. The Labute approximate surface area is 118 Å². The van der Waals surface area contributed by atoms with Crippen LogP contribution in [-0.4, -0.2) is 30.4 Å². The summed E-state index contributed by atoms with van der Waals surface area (Å²) in [6.07, 6.45) is 0. The van der Waals surface area contributed by atoms with E-state index in [4.69, 9.17) is 5.84 Å². The van der Waals surface area contributed by atoms with Crippen LogP contribution in [0, 0.1) is 5.41 Å². The molecule has 1 aliphatic heterocycles. The molecule has 0 aromatic heterocycles. The van der Waals surface area contributed by atoms with Gasteiger partial charge in [-0.25, -0.2) is 10.6 Å². The van der Waals surface area contributed by atoms with E-state index in [1.54, 1.807) is 30.7 Å². The van der Waals surface area contributed by atoms with E-state index in [1.165, 1.54) is 0 Å². The number of carbonyl (C=O) groups is 2. The van der Waals surface area contributed by atoms with Gasteiger partial charge in [0.25, 0.3) is 0 Å². The van der Waals surface area contributed by atoms with Crippen molar-refractivity contribution in [2.24, 2.45) is 11.3 Å². The molecule has 1 aromatic rings. The van der Waals surface area contributed by atoms with Crippen molar-refractivity contribution in [2.75, 3.05) is 18.5 Å². The van der Waals surface area contributed by atoms with E-state index in [2.05, 4.69) is 5.43 Å². The van der Waals surface area contributed by atoms with E-state index < -0.39 is 5.41 Å². The van der Waals surface area contributed by atoms with Gasteiger partial charge in [-0.2, -0.15) is 0 Å². The summed E-state index contributed by atoms with van der Waals surface area (Å²) in [6.45, 7) is 4.38. The molecular weight excluding hydrogens is 256 g/mol. The molecule has 0 fully saturated rings. The van der Waals surface area contributed by atoms with Crippen molar-refractivity contribution in [1.29, 1.82) is 0 Å². The molecule has 0 bridgehead atoms. The number of hydrogen-bond donors (Lipinski definition) is 2. The fourth-order valence-electron chi connectivity index (χ4n) is 2.36. The van der Waals surface area contributed by atoms with Crippen LogP contribution in [0.5, 0.6) is 0 Å². The highest BCUT2D eigenvalue weighted by Crippen LogP contribution is 2.30. The van der Waals surface area contributed by atoms with E-state index in [0.29, 0.717) is 6.54 Å². The molecule has 1 aliphatic rings. The number of carbonyl (C=O) groups excluding carboxylic acids is 2. The van der Waals surface area contributed by atoms with Crippen molar-refractivity contribution in [3.63, 3.8) is 0 Å². The number of fused-ring (bicyclic) bond motifs is 1. The Hall–Kier alpha value is -2.08. The maximum Gasteiger partial charge on any atom is 0.324 e. The molecule has 6 nitrogen and oxygen atoms in total. The van der Waals surface area contributed by atoms with Gasteiger partial charge in [0.15, 0.2) is 0 Å². The molecule has 0 aliphatic carbocycles. The summed E-state index contributed by atoms with van der Waals surface area (Å²) in [7, 11) is 1.75. The summed E-state index contributed by atoms with van der Waals surface area (Å²) in [5, 5.41) is 0. The Morgan fingerprint density at radius 2 is 2.05 bits per heavy atom. The standard InChI is InChI=1S/C14H20N4O2/c1-14(2,12(19)16-15)9-18-11-7-5-4-6-10(11)8-17(3)13(18)20/h4-7H,8-9,15H2,1-3H3,(H,16,19). The van der Waals surface area contributed by atoms with E-state index in [9.17, 15) is 9.59 Å². The maximum atomic E-state index is 12.4. The topological polar surface area (TPSA) is 78.7 Å². The Morgan fingerprint density at radius 3 is 2.70 bits per heavy atom. The average Bonchev–Trinajstić information content (AvgIpc) is 2.42. The predicted molar refractivity (Wildman–Crippen MR) is 76.8 cm³/mol. The van der Waals surface area contributed by atoms with Gasteiger partial charge in [-0.05, 0) is 25.5 Å². The summed E-state index contributed by atoms with van der Waals surface area (Å²) < 4.78 is 0. The van der Waals surface area contributed by atoms with Gasteiger partial charge in [-0.15, -0.1) is 0 Å². The molecule has 1 aromatic carbocycles. The second-order valence-electron chi connectivity index (χ2n) is 5.71. The molecule has 2 rings (SSSR count). The van der Waals surface area contributed by atoms with Crippen molar-refractivity contribution in [3.8, 4) is 0 Å². The number of urea groups is 1. The molecule has 108 valence electrons. The number of anilines is 1. The molecule has 0 unspecified atom stereocenters. The summed E-state index contributed by atoms with van der Waals surface area (Å²) in [6, 6.07) is 7.61. The van der Waals surface area contributed by atoms with Gasteiger partial charge >= 0.3 is 6.03 Å². The molecule has 0 radical (unpaired) electrons. The number of amides is 3. The van der Waals surface area contributed by atoms with Gasteiger partial charge in [0.05, 0.1) is 11.1 Å². The number of nitrogens with one attached hydrogen (secondary N) is 1. The summed E-state index contributed by atoms with van der Waals surface area (Å²) in [4.78, 5) is 27.5. The van der Waals surface area contributed by atoms with Crippen LogP contribution in [0.1, 0.15) is 19.4 Å². The first-order valence-electron chi connectivity index (χ1n) is 6.48. The van der Waals surface area contributed by atoms with E-state index in [0.717, 1.165) is 11.3 Å². The molecule has 0 saturated heterocycles. The van der Waals surface area contributed by atoms with Gasteiger partial charge < -0.3 is 4.90 Å². The van der Waals surface area contributed by atoms with Crippen molar-refractivity contribution >= 4 is 17.6 Å². The van der Waals surface area contributed by atoms with Crippen molar-refractivity contribution in [2.45, 2.75) is 20.4 Å². The smallest absolute Gasteiger partial charge is 0.323 e. The molecule has 3 N–H and O–H groups in total. The van der Waals surface area contributed by atoms with Crippen LogP contribution in [0.3, 0.4) is 0 Å². The first-order chi connectivity index (χ1) is 9.36. The van der Waals surface area contributed by atoms with Gasteiger partial charge in [-0.3, -0.25) is 15.1 Å². The highest BCUT2D eigenvalue weighted by molar-refractivity contribution is 5.96. The fourth-order valence-corrected chi connectivity index (χ4v) is 2.36. The lowest BCUT2D eigenvalue weighted by molar-refractivity contribution is -0.128. The second kappa shape index (κ2) is 5.13. The fraction of sp³-hybridized carbons (Fsp3) is 0.429. The molecule has 0 saturated carbocycles. The Bertz CT molecular complexity index is 542. The lowest BCUT2D eigenvalue weighted by Crippen LogP contribution is -2.53. The number of hydrazine groups is 1. The van der Waals surface area contributed by atoms with Gasteiger partial charge in [0, 0.05) is 20.1 Å². The van der Waals surface area contributed by atoms with E-state index in [1.807, 2.05) is 24.3 Å². The van der Waals surface area contributed by atoms with Crippen molar-refractivity contribution < 1.29 is 9.59 Å². The predicted octanol–water partition coefficient (Wildman–Crippen LogP) is 1.07. The first kappa shape index (κ1) is 14.3. The van der Waals surface area contributed by atoms with Crippen LogP contribution in [0.15, 0.2) is 24.3 Å². The molecule has 0 atom stereocenters. The molecule has 6 heteroatoms. The van der Waals surface area contributed by atoms with Crippen LogP contribution in [-0.2, 0) is 11.3 Å². The third-order valence-corrected chi connectivity index (χ3v) is 3.55. The monoisotopic (exact) mass is 276 g/mol. The minimum absolute atomic E-state index is 0.110. The number of nitrogens with two attached hydrogens (primary N) is 1. The summed E-state index contributed by atoms with van der Waals surface area (Å²) >= 11 is 0.